The monoisotopic (exact) mass is 319 g/mol. The number of carbonyl (C=O) groups excluding carboxylic acids is 1. The normalized spacial score (nSPS) is 14.9. The molecular formula is C15H21N5OS. The van der Waals surface area contributed by atoms with E-state index in [-0.39, 0.29) is 12.1 Å². The van der Waals surface area contributed by atoms with Gasteiger partial charge >= 0.3 is 6.03 Å². The predicted molar refractivity (Wildman–Crippen MR) is 85.6 cm³/mol. The van der Waals surface area contributed by atoms with Crippen LogP contribution in [0.15, 0.2) is 17.5 Å². The van der Waals surface area contributed by atoms with Crippen molar-refractivity contribution in [1.29, 1.82) is 0 Å². The van der Waals surface area contributed by atoms with E-state index in [1.807, 2.05) is 11.4 Å². The van der Waals surface area contributed by atoms with Crippen LogP contribution in [0.5, 0.6) is 0 Å². The molecule has 0 fully saturated rings. The molecule has 22 heavy (non-hydrogen) atoms. The van der Waals surface area contributed by atoms with Crippen LogP contribution in [0.1, 0.15) is 42.8 Å². The highest BCUT2D eigenvalue weighted by Gasteiger charge is 2.20. The number of amides is 2. The van der Waals surface area contributed by atoms with Gasteiger partial charge in [0.25, 0.3) is 0 Å². The zero-order chi connectivity index (χ0) is 15.5. The zero-order valence-corrected chi connectivity index (χ0v) is 13.7. The van der Waals surface area contributed by atoms with E-state index in [4.69, 9.17) is 0 Å². The minimum absolute atomic E-state index is 0.0316. The Balaban J connectivity index is 1.57. The molecule has 3 heterocycles. The van der Waals surface area contributed by atoms with E-state index in [1.54, 1.807) is 11.3 Å². The molecule has 0 saturated carbocycles. The Bertz CT molecular complexity index is 634. The number of rotatable bonds is 5. The van der Waals surface area contributed by atoms with Gasteiger partial charge in [0.15, 0.2) is 5.82 Å². The van der Waals surface area contributed by atoms with Crippen molar-refractivity contribution < 1.29 is 4.79 Å². The first-order valence-electron chi connectivity index (χ1n) is 7.64. The molecule has 1 atom stereocenters. The van der Waals surface area contributed by atoms with Crippen LogP contribution in [0.2, 0.25) is 0 Å². The third kappa shape index (κ3) is 3.14. The van der Waals surface area contributed by atoms with Crippen LogP contribution < -0.4 is 10.6 Å². The Hall–Kier alpha value is -1.89. The molecule has 3 rings (SSSR count). The average Bonchev–Trinajstić information content (AvgIpc) is 3.19. The van der Waals surface area contributed by atoms with Gasteiger partial charge < -0.3 is 15.2 Å². The number of aryl methyl sites for hydroxylation is 1. The summed E-state index contributed by atoms with van der Waals surface area (Å²) in [6.07, 6.45) is 2.09. The van der Waals surface area contributed by atoms with Crippen LogP contribution >= 0.6 is 11.3 Å². The minimum atomic E-state index is -0.164. The van der Waals surface area contributed by atoms with E-state index < -0.39 is 0 Å². The maximum Gasteiger partial charge on any atom is 0.315 e. The van der Waals surface area contributed by atoms with Gasteiger partial charge in [-0.1, -0.05) is 19.9 Å². The topological polar surface area (TPSA) is 71.8 Å². The van der Waals surface area contributed by atoms with Crippen molar-refractivity contribution in [2.75, 3.05) is 0 Å². The lowest BCUT2D eigenvalue weighted by molar-refractivity contribution is 0.232. The third-order valence-corrected chi connectivity index (χ3v) is 4.85. The van der Waals surface area contributed by atoms with Crippen molar-refractivity contribution in [3.05, 3.63) is 34.0 Å². The highest BCUT2D eigenvalue weighted by molar-refractivity contribution is 7.10. The Labute approximate surface area is 133 Å². The summed E-state index contributed by atoms with van der Waals surface area (Å²) in [6.45, 7) is 5.57. The van der Waals surface area contributed by atoms with Crippen LogP contribution in [-0.4, -0.2) is 20.8 Å². The number of urea groups is 1. The molecule has 1 aliphatic heterocycles. The number of fused-ring (bicyclic) bond motifs is 1. The summed E-state index contributed by atoms with van der Waals surface area (Å²) < 4.78 is 2.10. The fraction of sp³-hybridized carbons (Fsp3) is 0.533. The number of nitrogens with one attached hydrogen (secondary N) is 2. The van der Waals surface area contributed by atoms with E-state index in [0.29, 0.717) is 12.5 Å². The summed E-state index contributed by atoms with van der Waals surface area (Å²) in [5.41, 5.74) is 0. The molecule has 1 unspecified atom stereocenters. The lowest BCUT2D eigenvalue weighted by atomic mass is 10.0. The third-order valence-electron chi connectivity index (χ3n) is 3.90. The zero-order valence-electron chi connectivity index (χ0n) is 12.9. The summed E-state index contributed by atoms with van der Waals surface area (Å²) in [7, 11) is 0. The first-order valence-corrected chi connectivity index (χ1v) is 8.52. The van der Waals surface area contributed by atoms with Crippen LogP contribution in [-0.2, 0) is 19.5 Å². The molecule has 0 aromatic carbocycles. The van der Waals surface area contributed by atoms with Crippen molar-refractivity contribution in [3.8, 4) is 0 Å². The van der Waals surface area contributed by atoms with E-state index in [2.05, 4.69) is 45.3 Å². The first-order chi connectivity index (χ1) is 10.6. The van der Waals surface area contributed by atoms with Crippen LogP contribution in [0.3, 0.4) is 0 Å². The summed E-state index contributed by atoms with van der Waals surface area (Å²) >= 11 is 1.66. The maximum absolute atomic E-state index is 12.2. The van der Waals surface area contributed by atoms with Crippen molar-refractivity contribution in [1.82, 2.24) is 25.4 Å². The molecule has 2 N–H and O–H groups in total. The van der Waals surface area contributed by atoms with Gasteiger partial charge in [0, 0.05) is 17.8 Å². The molecule has 0 radical (unpaired) electrons. The number of hydrogen-bond donors (Lipinski definition) is 2. The number of thiophene rings is 1. The molecule has 7 heteroatoms. The second kappa shape index (κ2) is 6.48. The summed E-state index contributed by atoms with van der Waals surface area (Å²) in [6, 6.07) is 3.93. The number of aromatic nitrogens is 3. The second-order valence-electron chi connectivity index (χ2n) is 5.85. The SMILES string of the molecule is CC(C)C(NC(=O)NCc1nnc2n1CCC2)c1cccs1. The van der Waals surface area contributed by atoms with Gasteiger partial charge in [-0.15, -0.1) is 21.5 Å². The maximum atomic E-state index is 12.2. The van der Waals surface area contributed by atoms with Crippen molar-refractivity contribution in [3.63, 3.8) is 0 Å². The largest absolute Gasteiger partial charge is 0.331 e. The molecule has 6 nitrogen and oxygen atoms in total. The molecule has 0 spiro atoms. The Kier molecular flexibility index (Phi) is 4.42. The highest BCUT2D eigenvalue weighted by atomic mass is 32.1. The number of carbonyl (C=O) groups is 1. The van der Waals surface area contributed by atoms with Gasteiger partial charge in [-0.25, -0.2) is 4.79 Å². The quantitative estimate of drug-likeness (QED) is 0.889. The van der Waals surface area contributed by atoms with E-state index in [9.17, 15) is 4.79 Å². The summed E-state index contributed by atoms with van der Waals surface area (Å²) in [5.74, 6) is 2.19. The fourth-order valence-electron chi connectivity index (χ4n) is 2.73. The van der Waals surface area contributed by atoms with E-state index in [0.717, 1.165) is 31.0 Å². The molecule has 0 bridgehead atoms. The van der Waals surface area contributed by atoms with Gasteiger partial charge in [0.1, 0.15) is 5.82 Å². The molecule has 2 aromatic heterocycles. The van der Waals surface area contributed by atoms with Crippen LogP contribution in [0.25, 0.3) is 0 Å². The summed E-state index contributed by atoms with van der Waals surface area (Å²) in [5, 5.41) is 16.3. The van der Waals surface area contributed by atoms with Crippen molar-refractivity contribution in [2.45, 2.75) is 45.8 Å². The Morgan fingerprint density at radius 3 is 3.05 bits per heavy atom. The molecule has 2 aromatic rings. The smallest absolute Gasteiger partial charge is 0.315 e. The lowest BCUT2D eigenvalue weighted by Crippen LogP contribution is -2.39. The van der Waals surface area contributed by atoms with Gasteiger partial charge in [-0.2, -0.15) is 0 Å². The summed E-state index contributed by atoms with van der Waals surface area (Å²) in [4.78, 5) is 13.3. The van der Waals surface area contributed by atoms with Crippen LogP contribution in [0, 0.1) is 5.92 Å². The molecule has 2 amide bonds. The van der Waals surface area contributed by atoms with Gasteiger partial charge in [0.05, 0.1) is 12.6 Å². The van der Waals surface area contributed by atoms with Gasteiger partial charge in [0.2, 0.25) is 0 Å². The van der Waals surface area contributed by atoms with Gasteiger partial charge in [-0.05, 0) is 23.8 Å². The van der Waals surface area contributed by atoms with Crippen molar-refractivity contribution >= 4 is 17.4 Å². The molecule has 0 aliphatic carbocycles. The highest BCUT2D eigenvalue weighted by Crippen LogP contribution is 2.25. The number of nitrogens with zero attached hydrogens (tertiary/aromatic N) is 3. The minimum Gasteiger partial charge on any atom is -0.331 e. The standard InChI is InChI=1S/C15H21N5OS/c1-10(2)14(11-5-4-8-22-11)17-15(21)16-9-13-19-18-12-6-3-7-20(12)13/h4-5,8,10,14H,3,6-7,9H2,1-2H3,(H2,16,17,21). The fourth-order valence-corrected chi connectivity index (χ4v) is 3.68. The predicted octanol–water partition coefficient (Wildman–Crippen LogP) is 2.48. The second-order valence-corrected chi connectivity index (χ2v) is 6.83. The van der Waals surface area contributed by atoms with E-state index >= 15 is 0 Å². The Morgan fingerprint density at radius 2 is 2.32 bits per heavy atom. The van der Waals surface area contributed by atoms with Crippen molar-refractivity contribution in [2.24, 2.45) is 5.92 Å². The first kappa shape index (κ1) is 15.0. The van der Waals surface area contributed by atoms with Crippen LogP contribution in [0.4, 0.5) is 4.79 Å². The molecule has 118 valence electrons. The molecule has 0 saturated heterocycles. The molecule has 1 aliphatic rings. The van der Waals surface area contributed by atoms with E-state index in [1.165, 1.54) is 4.88 Å². The lowest BCUT2D eigenvalue weighted by Gasteiger charge is -2.21. The Morgan fingerprint density at radius 1 is 1.45 bits per heavy atom. The number of hydrogen-bond acceptors (Lipinski definition) is 4. The molecular weight excluding hydrogens is 298 g/mol. The average molecular weight is 319 g/mol. The van der Waals surface area contributed by atoms with Gasteiger partial charge in [-0.3, -0.25) is 0 Å².